The van der Waals surface area contributed by atoms with Crippen LogP contribution in [0.3, 0.4) is 0 Å². The van der Waals surface area contributed by atoms with Gasteiger partial charge in [0.1, 0.15) is 10.5 Å². The van der Waals surface area contributed by atoms with Crippen LogP contribution in [0.1, 0.15) is 38.3 Å². The first-order chi connectivity index (χ1) is 11.7. The molecule has 0 aliphatic heterocycles. The normalized spacial score (nSPS) is 13.2. The maximum absolute atomic E-state index is 12.5. The van der Waals surface area contributed by atoms with E-state index in [0.29, 0.717) is 4.58 Å². The molecule has 0 unspecified atom stereocenters. The number of rotatable bonds is 7. The van der Waals surface area contributed by atoms with Crippen molar-refractivity contribution >= 4 is 34.7 Å². The number of thioether (sulfide) groups is 2. The summed E-state index contributed by atoms with van der Waals surface area (Å²) in [6, 6.07) is 17.4. The van der Waals surface area contributed by atoms with Gasteiger partial charge < -0.3 is 4.55 Å². The molecule has 2 rings (SSSR count). The molecule has 0 saturated carbocycles. The highest BCUT2D eigenvalue weighted by Gasteiger charge is 2.27. The Bertz CT molecular complexity index is 597. The first-order valence-corrected chi connectivity index (χ1v) is 11.7. The van der Waals surface area contributed by atoms with Crippen LogP contribution in [0.25, 0.3) is 0 Å². The Balaban J connectivity index is 2.06. The fourth-order valence-electron chi connectivity index (χ4n) is 2.19. The first kappa shape index (κ1) is 20.8. The van der Waals surface area contributed by atoms with Crippen molar-refractivity contribution in [2.75, 3.05) is 5.75 Å². The third-order valence-corrected chi connectivity index (χ3v) is 8.43. The van der Waals surface area contributed by atoms with Gasteiger partial charge in [-0.05, 0) is 70.1 Å². The minimum atomic E-state index is -0.808. The molecule has 4 heteroatoms. The summed E-state index contributed by atoms with van der Waals surface area (Å²) < 4.78 is 12.7. The first-order valence-electron chi connectivity index (χ1n) is 8.59. The Labute approximate surface area is 164 Å². The predicted octanol–water partition coefficient (Wildman–Crippen LogP) is 6.45. The van der Waals surface area contributed by atoms with Gasteiger partial charge in [-0.15, -0.1) is 23.5 Å². The molecule has 25 heavy (non-hydrogen) atoms. The van der Waals surface area contributed by atoms with E-state index in [-0.39, 0.29) is 4.75 Å². The minimum absolute atomic E-state index is 0.145. The van der Waals surface area contributed by atoms with Gasteiger partial charge in [0, 0.05) is 16.2 Å². The molecule has 0 radical (unpaired) electrons. The molecule has 0 fully saturated rings. The van der Waals surface area contributed by atoms with E-state index in [2.05, 4.69) is 83.1 Å². The fraction of sp³-hybridized carbons (Fsp3) is 0.429. The minimum Gasteiger partial charge on any atom is -0.616 e. The number of hydrogen-bond donors (Lipinski definition) is 0. The van der Waals surface area contributed by atoms with Crippen LogP contribution < -0.4 is 0 Å². The molecular formula is C21H28OS3. The van der Waals surface area contributed by atoms with Crippen molar-refractivity contribution in [3.63, 3.8) is 0 Å². The highest BCUT2D eigenvalue weighted by atomic mass is 32.2. The van der Waals surface area contributed by atoms with Crippen LogP contribution in [0.5, 0.6) is 0 Å². The topological polar surface area (TPSA) is 23.1 Å². The Morgan fingerprint density at radius 2 is 1.24 bits per heavy atom. The largest absolute Gasteiger partial charge is 0.616 e. The van der Waals surface area contributed by atoms with Crippen molar-refractivity contribution in [2.24, 2.45) is 0 Å². The van der Waals surface area contributed by atoms with E-state index in [1.165, 1.54) is 20.9 Å². The van der Waals surface area contributed by atoms with Crippen LogP contribution in [0.2, 0.25) is 0 Å². The lowest BCUT2D eigenvalue weighted by Gasteiger charge is -2.26. The van der Waals surface area contributed by atoms with Crippen molar-refractivity contribution < 1.29 is 4.55 Å². The number of benzene rings is 2. The Kier molecular flexibility index (Phi) is 7.81. The molecule has 0 amide bonds. The summed E-state index contributed by atoms with van der Waals surface area (Å²) in [7, 11) is 0. The van der Waals surface area contributed by atoms with Crippen molar-refractivity contribution in [3.8, 4) is 0 Å². The van der Waals surface area contributed by atoms with Gasteiger partial charge in [-0.2, -0.15) is 0 Å². The zero-order chi connectivity index (χ0) is 18.4. The van der Waals surface area contributed by atoms with Gasteiger partial charge in [0.05, 0.1) is 4.58 Å². The van der Waals surface area contributed by atoms with Crippen LogP contribution in [0.4, 0.5) is 0 Å². The molecule has 1 nitrogen and oxygen atoms in total. The number of hydrogen-bond acceptors (Lipinski definition) is 3. The molecule has 0 saturated heterocycles. The highest BCUT2D eigenvalue weighted by Crippen LogP contribution is 2.38. The van der Waals surface area contributed by atoms with Gasteiger partial charge in [-0.1, -0.05) is 35.4 Å². The summed E-state index contributed by atoms with van der Waals surface area (Å²) in [4.78, 5) is 2.55. The zero-order valence-corrected chi connectivity index (χ0v) is 18.2. The van der Waals surface area contributed by atoms with Crippen molar-refractivity contribution in [1.82, 2.24) is 0 Å². The van der Waals surface area contributed by atoms with E-state index in [4.69, 9.17) is 0 Å². The van der Waals surface area contributed by atoms with Crippen molar-refractivity contribution in [2.45, 2.75) is 60.2 Å². The van der Waals surface area contributed by atoms with Gasteiger partial charge in [-0.25, -0.2) is 0 Å². The SMILES string of the molecule is Cc1ccc(SC(CC[S@@+]([O-])C(C)(C)C)Sc2ccc(C)cc2)cc1. The van der Waals surface area contributed by atoms with Gasteiger partial charge in [-0.3, -0.25) is 0 Å². The number of aryl methyl sites for hydroxylation is 2. The summed E-state index contributed by atoms with van der Waals surface area (Å²) in [6.07, 6.45) is 0.932. The molecule has 0 aromatic heterocycles. The van der Waals surface area contributed by atoms with Gasteiger partial charge in [0.2, 0.25) is 0 Å². The van der Waals surface area contributed by atoms with Crippen LogP contribution >= 0.6 is 23.5 Å². The Morgan fingerprint density at radius 3 is 1.60 bits per heavy atom. The summed E-state index contributed by atoms with van der Waals surface area (Å²) >= 11 is 2.95. The molecule has 0 bridgehead atoms. The summed E-state index contributed by atoms with van der Waals surface area (Å²) in [5, 5.41) is 0. The van der Waals surface area contributed by atoms with Gasteiger partial charge in [0.25, 0.3) is 0 Å². The lowest BCUT2D eigenvalue weighted by molar-refractivity contribution is 0.558. The predicted molar refractivity (Wildman–Crippen MR) is 115 cm³/mol. The molecule has 0 spiro atoms. The summed E-state index contributed by atoms with van der Waals surface area (Å²) in [5.74, 6) is 0.742. The molecule has 136 valence electrons. The van der Waals surface area contributed by atoms with E-state index in [1.54, 1.807) is 0 Å². The van der Waals surface area contributed by atoms with Crippen LogP contribution in [-0.2, 0) is 11.2 Å². The molecule has 0 heterocycles. The molecule has 2 aromatic carbocycles. The second-order valence-electron chi connectivity index (χ2n) is 7.24. The molecule has 0 N–H and O–H groups in total. The highest BCUT2D eigenvalue weighted by molar-refractivity contribution is 8.17. The van der Waals surface area contributed by atoms with E-state index in [0.717, 1.165) is 12.2 Å². The Morgan fingerprint density at radius 1 is 0.840 bits per heavy atom. The van der Waals surface area contributed by atoms with Crippen LogP contribution in [0.15, 0.2) is 58.3 Å². The molecule has 2 aromatic rings. The van der Waals surface area contributed by atoms with Crippen LogP contribution in [0, 0.1) is 13.8 Å². The monoisotopic (exact) mass is 392 g/mol. The van der Waals surface area contributed by atoms with E-state index in [9.17, 15) is 4.55 Å². The van der Waals surface area contributed by atoms with Crippen LogP contribution in [-0.4, -0.2) is 19.6 Å². The average molecular weight is 393 g/mol. The second-order valence-corrected chi connectivity index (χ2v) is 12.4. The maximum atomic E-state index is 12.5. The summed E-state index contributed by atoms with van der Waals surface area (Å²) in [5.41, 5.74) is 2.56. The van der Waals surface area contributed by atoms with E-state index >= 15 is 0 Å². The second kappa shape index (κ2) is 9.40. The van der Waals surface area contributed by atoms with Gasteiger partial charge in [0.15, 0.2) is 0 Å². The standard InChI is InChI=1S/C21H28OS3/c1-16-6-10-18(11-7-16)23-20(14-15-25(22)21(3,4)5)24-19-12-8-17(2)9-13-19/h6-13,20H,14-15H2,1-5H3/t25-/m1/s1. The summed E-state index contributed by atoms with van der Waals surface area (Å²) in [6.45, 7) is 10.4. The van der Waals surface area contributed by atoms with Crippen molar-refractivity contribution in [3.05, 3.63) is 59.7 Å². The van der Waals surface area contributed by atoms with E-state index in [1.807, 2.05) is 23.5 Å². The third kappa shape index (κ3) is 7.30. The van der Waals surface area contributed by atoms with E-state index < -0.39 is 11.2 Å². The van der Waals surface area contributed by atoms with Gasteiger partial charge >= 0.3 is 0 Å². The average Bonchev–Trinajstić information content (AvgIpc) is 2.55. The molecule has 0 aliphatic rings. The smallest absolute Gasteiger partial charge is 0.117 e. The molecular weight excluding hydrogens is 364 g/mol. The quantitative estimate of drug-likeness (QED) is 0.307. The maximum Gasteiger partial charge on any atom is 0.117 e. The lowest BCUT2D eigenvalue weighted by atomic mass is 10.2. The van der Waals surface area contributed by atoms with Crippen molar-refractivity contribution in [1.29, 1.82) is 0 Å². The zero-order valence-electron chi connectivity index (χ0n) is 15.7. The molecule has 0 aliphatic carbocycles. The lowest BCUT2D eigenvalue weighted by Crippen LogP contribution is -2.31. The third-order valence-electron chi connectivity index (χ3n) is 3.80. The fourth-order valence-corrected chi connectivity index (χ4v) is 6.07. The molecule has 1 atom stereocenters. The Hall–Kier alpha value is -0.550.